The fourth-order valence-electron chi connectivity index (χ4n) is 3.36. The molecule has 7 heteroatoms. The van der Waals surface area contributed by atoms with Crippen molar-refractivity contribution >= 4 is 11.9 Å². The zero-order chi connectivity index (χ0) is 21.5. The topological polar surface area (TPSA) is 78.7 Å². The van der Waals surface area contributed by atoms with Gasteiger partial charge in [0, 0.05) is 14.2 Å². The van der Waals surface area contributed by atoms with Crippen LogP contribution in [0.3, 0.4) is 0 Å². The SMILES string of the molecule is COCC[NH+](CCOC)Cc1c(O)ccc2c1O/C(=C/c1ccc(OC)cc1)C2=O. The highest BCUT2D eigenvalue weighted by Crippen LogP contribution is 2.39. The highest BCUT2D eigenvalue weighted by Gasteiger charge is 2.32. The molecule has 0 radical (unpaired) electrons. The number of ether oxygens (including phenoxy) is 4. The van der Waals surface area contributed by atoms with E-state index in [2.05, 4.69) is 0 Å². The van der Waals surface area contributed by atoms with Crippen molar-refractivity contribution in [2.75, 3.05) is 47.6 Å². The Morgan fingerprint density at radius 2 is 1.67 bits per heavy atom. The third-order valence-electron chi connectivity index (χ3n) is 5.08. The molecule has 0 aromatic heterocycles. The summed E-state index contributed by atoms with van der Waals surface area (Å²) in [4.78, 5) is 14.0. The van der Waals surface area contributed by atoms with E-state index in [0.29, 0.717) is 36.6 Å². The Labute approximate surface area is 176 Å². The number of benzene rings is 2. The van der Waals surface area contributed by atoms with Gasteiger partial charge in [0.05, 0.1) is 31.5 Å². The second-order valence-electron chi connectivity index (χ2n) is 7.07. The Morgan fingerprint density at radius 1 is 1.00 bits per heavy atom. The first-order valence-electron chi connectivity index (χ1n) is 9.82. The van der Waals surface area contributed by atoms with Crippen LogP contribution >= 0.6 is 0 Å². The molecule has 0 amide bonds. The van der Waals surface area contributed by atoms with Gasteiger partial charge in [-0.3, -0.25) is 4.79 Å². The summed E-state index contributed by atoms with van der Waals surface area (Å²) in [5.41, 5.74) is 1.90. The number of methoxy groups -OCH3 is 3. The number of quaternary nitrogens is 1. The smallest absolute Gasteiger partial charge is 0.231 e. The summed E-state index contributed by atoms with van der Waals surface area (Å²) in [6.07, 6.45) is 1.70. The van der Waals surface area contributed by atoms with E-state index >= 15 is 0 Å². The van der Waals surface area contributed by atoms with Crippen LogP contribution in [-0.4, -0.2) is 58.5 Å². The van der Waals surface area contributed by atoms with Crippen LogP contribution in [0.5, 0.6) is 17.2 Å². The number of hydrogen-bond acceptors (Lipinski definition) is 6. The van der Waals surface area contributed by atoms with Gasteiger partial charge in [-0.1, -0.05) is 12.1 Å². The Bertz CT molecular complexity index is 899. The van der Waals surface area contributed by atoms with E-state index in [0.717, 1.165) is 29.3 Å². The fourth-order valence-corrected chi connectivity index (χ4v) is 3.36. The molecule has 0 fully saturated rings. The molecule has 1 heterocycles. The number of hydrogen-bond donors (Lipinski definition) is 2. The van der Waals surface area contributed by atoms with Crippen molar-refractivity contribution in [1.82, 2.24) is 0 Å². The minimum Gasteiger partial charge on any atom is -0.507 e. The summed E-state index contributed by atoms with van der Waals surface area (Å²) >= 11 is 0. The lowest BCUT2D eigenvalue weighted by molar-refractivity contribution is -0.914. The number of carbonyl (C=O) groups excluding carboxylic acids is 1. The lowest BCUT2D eigenvalue weighted by atomic mass is 10.0. The lowest BCUT2D eigenvalue weighted by Crippen LogP contribution is -3.11. The van der Waals surface area contributed by atoms with E-state index in [1.807, 2.05) is 24.3 Å². The number of nitrogens with one attached hydrogen (secondary N) is 1. The molecule has 0 saturated heterocycles. The molecule has 0 saturated carbocycles. The molecule has 2 aromatic rings. The molecule has 2 aromatic carbocycles. The maximum atomic E-state index is 12.9. The monoisotopic (exact) mass is 414 g/mol. The van der Waals surface area contributed by atoms with Crippen LogP contribution in [0.4, 0.5) is 0 Å². The maximum absolute atomic E-state index is 12.9. The molecule has 2 N–H and O–H groups in total. The molecule has 0 aliphatic carbocycles. The number of rotatable bonds is 10. The number of carbonyl (C=O) groups is 1. The van der Waals surface area contributed by atoms with Crippen LogP contribution in [0.15, 0.2) is 42.2 Å². The van der Waals surface area contributed by atoms with Gasteiger partial charge in [-0.25, -0.2) is 0 Å². The fraction of sp³-hybridized carbons (Fsp3) is 0.348. The number of fused-ring (bicyclic) bond motifs is 1. The van der Waals surface area contributed by atoms with Crippen molar-refractivity contribution in [2.45, 2.75) is 6.54 Å². The molecule has 3 rings (SSSR count). The second kappa shape index (κ2) is 10.2. The van der Waals surface area contributed by atoms with Gasteiger partial charge in [-0.15, -0.1) is 0 Å². The minimum absolute atomic E-state index is 0.111. The molecule has 30 heavy (non-hydrogen) atoms. The van der Waals surface area contributed by atoms with Gasteiger partial charge in [-0.2, -0.15) is 0 Å². The van der Waals surface area contributed by atoms with Gasteiger partial charge < -0.3 is 29.0 Å². The number of allylic oxidation sites excluding steroid dienone is 1. The summed E-state index contributed by atoms with van der Waals surface area (Å²) in [6, 6.07) is 10.5. The Balaban J connectivity index is 1.86. The van der Waals surface area contributed by atoms with Crippen LogP contribution < -0.4 is 14.4 Å². The molecule has 7 nitrogen and oxygen atoms in total. The molecule has 160 valence electrons. The van der Waals surface area contributed by atoms with E-state index in [4.69, 9.17) is 18.9 Å². The van der Waals surface area contributed by atoms with Gasteiger partial charge in [0.2, 0.25) is 5.78 Å². The number of ketones is 1. The van der Waals surface area contributed by atoms with Gasteiger partial charge in [0.1, 0.15) is 31.1 Å². The van der Waals surface area contributed by atoms with Gasteiger partial charge >= 0.3 is 0 Å². The molecule has 0 unspecified atom stereocenters. The van der Waals surface area contributed by atoms with Gasteiger partial charge in [0.15, 0.2) is 11.5 Å². The van der Waals surface area contributed by atoms with E-state index in [1.54, 1.807) is 39.5 Å². The molecule has 1 aliphatic heterocycles. The predicted molar refractivity (Wildman–Crippen MR) is 112 cm³/mol. The molecular formula is C23H28NO6+. The predicted octanol–water partition coefficient (Wildman–Crippen LogP) is 1.69. The first-order chi connectivity index (χ1) is 14.6. The highest BCUT2D eigenvalue weighted by molar-refractivity contribution is 6.14. The Hall–Kier alpha value is -2.87. The van der Waals surface area contributed by atoms with Crippen molar-refractivity contribution in [3.63, 3.8) is 0 Å². The van der Waals surface area contributed by atoms with Crippen LogP contribution in [0.25, 0.3) is 6.08 Å². The molecular weight excluding hydrogens is 386 g/mol. The van der Waals surface area contributed by atoms with Crippen molar-refractivity contribution in [1.29, 1.82) is 0 Å². The van der Waals surface area contributed by atoms with Gasteiger partial charge in [0.25, 0.3) is 0 Å². The first-order valence-corrected chi connectivity index (χ1v) is 9.82. The van der Waals surface area contributed by atoms with Crippen LogP contribution in [0.2, 0.25) is 0 Å². The van der Waals surface area contributed by atoms with Crippen molar-refractivity contribution in [3.8, 4) is 17.2 Å². The van der Waals surface area contributed by atoms with E-state index in [9.17, 15) is 9.90 Å². The lowest BCUT2D eigenvalue weighted by Gasteiger charge is -2.20. The third-order valence-corrected chi connectivity index (χ3v) is 5.08. The average molecular weight is 414 g/mol. The largest absolute Gasteiger partial charge is 0.507 e. The van der Waals surface area contributed by atoms with Crippen molar-refractivity contribution < 1.29 is 33.7 Å². The number of Topliss-reactive ketones (excluding diaryl/α,β-unsaturated/α-hetero) is 1. The molecule has 0 bridgehead atoms. The standard InChI is InChI=1S/C23H27NO6/c1-27-12-10-24(11-13-28-2)15-19-20(25)9-8-18-22(26)21(30-23(18)19)14-16-4-6-17(29-3)7-5-16/h4-9,14,25H,10-13,15H2,1-3H3/p+1/b21-14+. The zero-order valence-electron chi connectivity index (χ0n) is 17.6. The normalized spacial score (nSPS) is 14.3. The summed E-state index contributed by atoms with van der Waals surface area (Å²) in [5.74, 6) is 1.31. The number of phenolic OH excluding ortho intramolecular Hbond substituents is 1. The van der Waals surface area contributed by atoms with E-state index < -0.39 is 0 Å². The summed E-state index contributed by atoms with van der Waals surface area (Å²) in [5, 5.41) is 10.5. The Kier molecular flexibility index (Phi) is 7.46. The number of aromatic hydroxyl groups is 1. The number of phenols is 1. The maximum Gasteiger partial charge on any atom is 0.231 e. The highest BCUT2D eigenvalue weighted by atomic mass is 16.5. The second-order valence-corrected chi connectivity index (χ2v) is 7.07. The van der Waals surface area contributed by atoms with Crippen LogP contribution in [-0.2, 0) is 16.0 Å². The van der Waals surface area contributed by atoms with Crippen molar-refractivity contribution in [3.05, 3.63) is 58.8 Å². The first kappa shape index (κ1) is 21.8. The van der Waals surface area contributed by atoms with E-state index in [-0.39, 0.29) is 17.3 Å². The zero-order valence-corrected chi connectivity index (χ0v) is 17.6. The molecule has 0 atom stereocenters. The third kappa shape index (κ3) is 4.99. The summed E-state index contributed by atoms with van der Waals surface area (Å²) < 4.78 is 21.5. The minimum atomic E-state index is -0.197. The molecule has 1 aliphatic rings. The quantitative estimate of drug-likeness (QED) is 0.576. The van der Waals surface area contributed by atoms with Crippen molar-refractivity contribution in [2.24, 2.45) is 0 Å². The van der Waals surface area contributed by atoms with E-state index in [1.165, 1.54) is 0 Å². The van der Waals surface area contributed by atoms with Crippen LogP contribution in [0, 0.1) is 0 Å². The summed E-state index contributed by atoms with van der Waals surface area (Å²) in [6.45, 7) is 3.14. The van der Waals surface area contributed by atoms with Crippen LogP contribution in [0.1, 0.15) is 21.5 Å². The molecule has 0 spiro atoms. The Morgan fingerprint density at radius 3 is 2.27 bits per heavy atom. The summed E-state index contributed by atoms with van der Waals surface area (Å²) in [7, 11) is 4.92. The van der Waals surface area contributed by atoms with Gasteiger partial charge in [-0.05, 0) is 35.9 Å². The average Bonchev–Trinajstić information content (AvgIpc) is 3.07.